The van der Waals surface area contributed by atoms with Gasteiger partial charge in [-0.05, 0) is 197 Å². The van der Waals surface area contributed by atoms with E-state index in [-0.39, 0.29) is 39.2 Å². The molecule has 8 aromatic rings. The summed E-state index contributed by atoms with van der Waals surface area (Å²) in [5, 5.41) is 1.36. The third-order valence-electron chi connectivity index (χ3n) is 19.9. The van der Waals surface area contributed by atoms with Crippen molar-refractivity contribution in [3.63, 3.8) is 0 Å². The van der Waals surface area contributed by atoms with Gasteiger partial charge in [0.2, 0.25) is 0 Å². The quantitative estimate of drug-likeness (QED) is 0.153. The molecule has 0 amide bonds. The number of nitrogens with zero attached hydrogens (tertiary/aromatic N) is 2. The topological polar surface area (TPSA) is 6.48 Å². The fourth-order valence-electron chi connectivity index (χ4n) is 15.1. The van der Waals surface area contributed by atoms with E-state index in [1.807, 2.05) is 11.3 Å². The van der Waals surface area contributed by atoms with E-state index in [1.54, 1.807) is 0 Å². The van der Waals surface area contributed by atoms with Crippen molar-refractivity contribution in [2.75, 3.05) is 9.80 Å². The highest BCUT2D eigenvalue weighted by Gasteiger charge is 2.48. The Bertz CT molecular complexity index is 3810. The van der Waals surface area contributed by atoms with Gasteiger partial charge in [0, 0.05) is 43.2 Å². The first-order valence-corrected chi connectivity index (χ1v) is 33.3. The van der Waals surface area contributed by atoms with Crippen LogP contribution in [0.2, 0.25) is 0 Å². The second-order valence-electron chi connectivity index (χ2n) is 32.4. The Morgan fingerprint density at radius 1 is 0.393 bits per heavy atom. The molecular weight excluding hydrogens is 1030 g/mol. The van der Waals surface area contributed by atoms with Crippen molar-refractivity contribution in [1.82, 2.24) is 0 Å². The largest absolute Gasteiger partial charge is 0.311 e. The molecule has 7 aromatic carbocycles. The molecule has 0 bridgehead atoms. The highest BCUT2D eigenvalue weighted by Crippen LogP contribution is 2.54. The normalized spacial score (nSPS) is 16.5. The lowest BCUT2D eigenvalue weighted by Gasteiger charge is -2.45. The van der Waals surface area contributed by atoms with Crippen LogP contribution in [-0.2, 0) is 32.5 Å². The van der Waals surface area contributed by atoms with Crippen LogP contribution < -0.4 is 25.5 Å². The monoisotopic (exact) mass is 1130 g/mol. The fourth-order valence-corrected chi connectivity index (χ4v) is 16.4. The van der Waals surface area contributed by atoms with E-state index >= 15 is 0 Å². The van der Waals surface area contributed by atoms with Gasteiger partial charge in [0.1, 0.15) is 0 Å². The Labute approximate surface area is 512 Å². The zero-order valence-corrected chi connectivity index (χ0v) is 55.5. The number of benzene rings is 7. The van der Waals surface area contributed by atoms with Crippen LogP contribution in [0.15, 0.2) is 127 Å². The molecule has 0 radical (unpaired) electrons. The summed E-state index contributed by atoms with van der Waals surface area (Å²) in [6.07, 6.45) is 13.1. The fraction of sp³-hybridized carbons (Fsp3) is 0.450. The summed E-state index contributed by atoms with van der Waals surface area (Å²) in [7, 11) is 0. The minimum Gasteiger partial charge on any atom is -0.311 e. The van der Waals surface area contributed by atoms with Crippen molar-refractivity contribution in [2.45, 2.75) is 233 Å². The Balaban J connectivity index is 1.18. The number of anilines is 6. The molecule has 0 saturated heterocycles. The number of thiophene rings is 1. The number of hydrogen-bond acceptors (Lipinski definition) is 3. The molecule has 3 heterocycles. The second-order valence-corrected chi connectivity index (χ2v) is 33.5. The molecule has 1 aromatic heterocycles. The lowest BCUT2D eigenvalue weighted by atomic mass is 9.35. The van der Waals surface area contributed by atoms with Crippen molar-refractivity contribution >= 4 is 78.0 Å². The van der Waals surface area contributed by atoms with Gasteiger partial charge in [0.25, 0.3) is 6.71 Å². The van der Waals surface area contributed by atoms with Gasteiger partial charge >= 0.3 is 0 Å². The van der Waals surface area contributed by atoms with E-state index in [0.717, 1.165) is 0 Å². The van der Waals surface area contributed by atoms with Gasteiger partial charge in [-0.25, -0.2) is 0 Å². The van der Waals surface area contributed by atoms with Gasteiger partial charge in [0.05, 0.1) is 11.4 Å². The first kappa shape index (κ1) is 58.5. The Kier molecular flexibility index (Phi) is 14.6. The molecule has 2 nitrogen and oxygen atoms in total. The van der Waals surface area contributed by atoms with Crippen LogP contribution in [0, 0.1) is 0 Å². The Morgan fingerprint density at radius 3 is 1.52 bits per heavy atom. The minimum absolute atomic E-state index is 0.00291. The van der Waals surface area contributed by atoms with Crippen LogP contribution in [0.1, 0.15) is 245 Å². The lowest BCUT2D eigenvalue weighted by molar-refractivity contribution is 0.443. The summed E-state index contributed by atoms with van der Waals surface area (Å²) in [6, 6.07) is 52.6. The van der Waals surface area contributed by atoms with Gasteiger partial charge in [-0.2, -0.15) is 0 Å². The molecule has 4 aliphatic rings. The zero-order valence-electron chi connectivity index (χ0n) is 54.7. The van der Waals surface area contributed by atoms with Crippen molar-refractivity contribution in [2.24, 2.45) is 0 Å². The lowest BCUT2D eigenvalue weighted by Crippen LogP contribution is -2.61. The summed E-state index contributed by atoms with van der Waals surface area (Å²) in [6.45, 7) is 43.1. The number of hydrogen-bond donors (Lipinski definition) is 0. The van der Waals surface area contributed by atoms with Crippen molar-refractivity contribution in [1.29, 1.82) is 0 Å². The number of fused-ring (bicyclic) bond motifs is 6. The van der Waals surface area contributed by atoms with E-state index in [1.165, 1.54) is 191 Å². The molecule has 4 heteroatoms. The SMILES string of the molecule is CC(C)(C)c1cc2c3c(c1)N(c1ccc(C4CCCCC4)cc1-c1cccc(C4CCCCC4)c1)c1c(sc4ccc(C(C)(C)C)cc14)B3c1cc(C(C)(C)C)c(C(C)(C)C)cc1N2c1ccc(-c2ccc(C(C)(C)C)c(C(C)(C)C)c2)cc1. The molecule has 0 N–H and O–H groups in total. The summed E-state index contributed by atoms with van der Waals surface area (Å²) in [5.41, 5.74) is 26.9. The van der Waals surface area contributed by atoms with E-state index in [0.29, 0.717) is 11.8 Å². The van der Waals surface area contributed by atoms with E-state index in [4.69, 9.17) is 0 Å². The molecule has 2 aliphatic carbocycles. The molecule has 0 unspecified atom stereocenters. The molecule has 2 saturated carbocycles. The van der Waals surface area contributed by atoms with Crippen LogP contribution in [0.4, 0.5) is 34.1 Å². The van der Waals surface area contributed by atoms with Crippen LogP contribution in [0.25, 0.3) is 32.3 Å². The molecule has 12 rings (SSSR count). The summed E-state index contributed by atoms with van der Waals surface area (Å²) < 4.78 is 2.80. The van der Waals surface area contributed by atoms with Gasteiger partial charge in [-0.3, -0.25) is 0 Å². The van der Waals surface area contributed by atoms with E-state index in [9.17, 15) is 0 Å². The summed E-state index contributed by atoms with van der Waals surface area (Å²) in [5.74, 6) is 1.20. The van der Waals surface area contributed by atoms with Gasteiger partial charge in [-0.15, -0.1) is 11.3 Å². The predicted octanol–water partition coefficient (Wildman–Crippen LogP) is 22.2. The number of rotatable bonds is 6. The summed E-state index contributed by atoms with van der Waals surface area (Å²) >= 11 is 2.04. The van der Waals surface area contributed by atoms with Crippen LogP contribution in [-0.4, -0.2) is 6.71 Å². The molecular formula is C80H97BN2S. The third-order valence-corrected chi connectivity index (χ3v) is 21.1. The first-order valence-electron chi connectivity index (χ1n) is 32.5. The first-order chi connectivity index (χ1) is 39.4. The summed E-state index contributed by atoms with van der Waals surface area (Å²) in [4.78, 5) is 5.51. The van der Waals surface area contributed by atoms with Crippen LogP contribution >= 0.6 is 11.3 Å². The minimum atomic E-state index is -0.155. The van der Waals surface area contributed by atoms with Gasteiger partial charge in [-0.1, -0.05) is 236 Å². The van der Waals surface area contributed by atoms with Crippen molar-refractivity contribution in [3.05, 3.63) is 172 Å². The highest BCUT2D eigenvalue weighted by molar-refractivity contribution is 7.33. The third kappa shape index (κ3) is 10.6. The Hall–Kier alpha value is -5.84. The molecule has 2 fully saturated rings. The van der Waals surface area contributed by atoms with Crippen LogP contribution in [0.5, 0.6) is 0 Å². The molecule has 0 atom stereocenters. The van der Waals surface area contributed by atoms with Gasteiger partial charge < -0.3 is 9.80 Å². The van der Waals surface area contributed by atoms with Gasteiger partial charge in [0.15, 0.2) is 0 Å². The molecule has 84 heavy (non-hydrogen) atoms. The van der Waals surface area contributed by atoms with Crippen molar-refractivity contribution in [3.8, 4) is 22.3 Å². The second kappa shape index (κ2) is 21.0. The van der Waals surface area contributed by atoms with Crippen LogP contribution in [0.3, 0.4) is 0 Å². The molecule has 436 valence electrons. The average molecular weight is 1130 g/mol. The van der Waals surface area contributed by atoms with E-state index < -0.39 is 0 Å². The zero-order chi connectivity index (χ0) is 59.8. The standard InChI is InChI=1S/C80H97BN2S/c1-75(2,3)57-36-41-71-61(45-57)73-74(84-71)81-66-48-64(79(13,14)15)65(80(16,17)18)49-68(66)82(59-37-32-52(33-38-59)55-34-39-62(77(7,8)9)63(44-55)78(10,11)12)69-46-58(76(4,5)6)47-70(72(69)81)83(73)67-40-35-54(51-28-23-20-24-29-51)43-60(67)56-31-25-30-53(42-56)50-26-21-19-22-27-50/h25,30-51H,19-24,26-29H2,1-18H3. The Morgan fingerprint density at radius 2 is 0.940 bits per heavy atom. The maximum absolute atomic E-state index is 2.81. The average Bonchev–Trinajstić information content (AvgIpc) is 1.59. The maximum atomic E-state index is 2.81. The maximum Gasteiger partial charge on any atom is 0.264 e. The predicted molar refractivity (Wildman–Crippen MR) is 371 cm³/mol. The molecule has 0 spiro atoms. The highest BCUT2D eigenvalue weighted by atomic mass is 32.1. The smallest absolute Gasteiger partial charge is 0.264 e. The molecule has 2 aliphatic heterocycles. The van der Waals surface area contributed by atoms with Crippen molar-refractivity contribution < 1.29 is 0 Å². The van der Waals surface area contributed by atoms with E-state index in [2.05, 4.69) is 262 Å².